The van der Waals surface area contributed by atoms with Gasteiger partial charge in [-0.25, -0.2) is 9.78 Å². The standard InChI is InChI=1S/C11H15NO4/c1-8(6-15-2)16-7-9-3-4-12-10(5-9)11(13)14/h3-5,8H,6-7H2,1-2H3,(H,13,14). The molecule has 5 nitrogen and oxygen atoms in total. The Bertz CT molecular complexity index is 354. The Balaban J connectivity index is 2.54. The fraction of sp³-hybridized carbons (Fsp3) is 0.455. The third-order valence-electron chi connectivity index (χ3n) is 1.98. The summed E-state index contributed by atoms with van der Waals surface area (Å²) in [6.45, 7) is 2.76. The Morgan fingerprint density at radius 2 is 2.38 bits per heavy atom. The molecule has 0 bridgehead atoms. The smallest absolute Gasteiger partial charge is 0.354 e. The van der Waals surface area contributed by atoms with Crippen LogP contribution in [-0.4, -0.2) is 35.9 Å². The van der Waals surface area contributed by atoms with Crippen molar-refractivity contribution in [2.24, 2.45) is 0 Å². The molecule has 0 aliphatic rings. The van der Waals surface area contributed by atoms with Gasteiger partial charge in [-0.3, -0.25) is 0 Å². The monoisotopic (exact) mass is 225 g/mol. The van der Waals surface area contributed by atoms with Gasteiger partial charge in [0, 0.05) is 13.3 Å². The zero-order valence-corrected chi connectivity index (χ0v) is 9.34. The minimum atomic E-state index is -1.04. The number of methoxy groups -OCH3 is 1. The van der Waals surface area contributed by atoms with Gasteiger partial charge >= 0.3 is 5.97 Å². The number of hydrogen-bond donors (Lipinski definition) is 1. The van der Waals surface area contributed by atoms with Crippen molar-refractivity contribution in [2.45, 2.75) is 19.6 Å². The second-order valence-electron chi connectivity index (χ2n) is 3.43. The van der Waals surface area contributed by atoms with Crippen molar-refractivity contribution in [1.82, 2.24) is 4.98 Å². The summed E-state index contributed by atoms with van der Waals surface area (Å²) in [6.07, 6.45) is 1.44. The van der Waals surface area contributed by atoms with Crippen LogP contribution in [0.25, 0.3) is 0 Å². The van der Waals surface area contributed by atoms with Gasteiger partial charge in [-0.15, -0.1) is 0 Å². The topological polar surface area (TPSA) is 68.7 Å². The van der Waals surface area contributed by atoms with E-state index in [1.807, 2.05) is 6.92 Å². The van der Waals surface area contributed by atoms with Gasteiger partial charge in [0.25, 0.3) is 0 Å². The average Bonchev–Trinajstić information content (AvgIpc) is 2.27. The summed E-state index contributed by atoms with van der Waals surface area (Å²) >= 11 is 0. The van der Waals surface area contributed by atoms with E-state index in [4.69, 9.17) is 14.6 Å². The minimum Gasteiger partial charge on any atom is -0.477 e. The third kappa shape index (κ3) is 3.96. The number of ether oxygens (including phenoxy) is 2. The number of aromatic carboxylic acids is 1. The van der Waals surface area contributed by atoms with Gasteiger partial charge in [-0.2, -0.15) is 0 Å². The molecule has 1 unspecified atom stereocenters. The molecule has 1 heterocycles. The van der Waals surface area contributed by atoms with Crippen molar-refractivity contribution in [3.8, 4) is 0 Å². The molecular weight excluding hydrogens is 210 g/mol. The predicted molar refractivity (Wildman–Crippen MR) is 57.3 cm³/mol. The summed E-state index contributed by atoms with van der Waals surface area (Å²) in [7, 11) is 1.61. The lowest BCUT2D eigenvalue weighted by atomic mass is 10.2. The number of carboxylic acids is 1. The average molecular weight is 225 g/mol. The molecule has 0 saturated carbocycles. The molecule has 1 atom stereocenters. The van der Waals surface area contributed by atoms with Crippen LogP contribution in [0, 0.1) is 0 Å². The highest BCUT2D eigenvalue weighted by molar-refractivity contribution is 5.85. The second-order valence-corrected chi connectivity index (χ2v) is 3.43. The van der Waals surface area contributed by atoms with Crippen LogP contribution in [0.5, 0.6) is 0 Å². The van der Waals surface area contributed by atoms with E-state index in [1.165, 1.54) is 12.3 Å². The van der Waals surface area contributed by atoms with Gasteiger partial charge in [0.15, 0.2) is 0 Å². The first kappa shape index (κ1) is 12.6. The highest BCUT2D eigenvalue weighted by atomic mass is 16.5. The maximum absolute atomic E-state index is 10.7. The molecule has 1 aromatic rings. The molecular formula is C11H15NO4. The highest BCUT2D eigenvalue weighted by Crippen LogP contribution is 2.05. The molecule has 16 heavy (non-hydrogen) atoms. The lowest BCUT2D eigenvalue weighted by Gasteiger charge is -2.11. The first-order valence-corrected chi connectivity index (χ1v) is 4.92. The van der Waals surface area contributed by atoms with Gasteiger partial charge < -0.3 is 14.6 Å². The summed E-state index contributed by atoms with van der Waals surface area (Å²) in [5, 5.41) is 8.75. The molecule has 88 valence electrons. The van der Waals surface area contributed by atoms with Gasteiger partial charge in [-0.05, 0) is 24.6 Å². The lowest BCUT2D eigenvalue weighted by molar-refractivity contribution is -0.000174. The molecule has 0 saturated heterocycles. The first-order chi connectivity index (χ1) is 7.63. The van der Waals surface area contributed by atoms with E-state index in [0.717, 1.165) is 5.56 Å². The number of nitrogens with zero attached hydrogens (tertiary/aromatic N) is 1. The molecule has 0 fully saturated rings. The SMILES string of the molecule is COCC(C)OCc1ccnc(C(=O)O)c1. The summed E-state index contributed by atoms with van der Waals surface area (Å²) < 4.78 is 10.4. The van der Waals surface area contributed by atoms with Crippen LogP contribution < -0.4 is 0 Å². The van der Waals surface area contributed by atoms with Crippen molar-refractivity contribution in [1.29, 1.82) is 0 Å². The van der Waals surface area contributed by atoms with E-state index in [9.17, 15) is 4.79 Å². The largest absolute Gasteiger partial charge is 0.477 e. The third-order valence-corrected chi connectivity index (χ3v) is 1.98. The van der Waals surface area contributed by atoms with Crippen molar-refractivity contribution < 1.29 is 19.4 Å². The summed E-state index contributed by atoms with van der Waals surface area (Å²) in [5.41, 5.74) is 0.816. The summed E-state index contributed by atoms with van der Waals surface area (Å²) in [5.74, 6) is -1.04. The van der Waals surface area contributed by atoms with Crippen LogP contribution in [0.3, 0.4) is 0 Å². The van der Waals surface area contributed by atoms with Crippen molar-refractivity contribution in [3.05, 3.63) is 29.6 Å². The number of pyridine rings is 1. The molecule has 1 N–H and O–H groups in total. The molecule has 0 spiro atoms. The van der Waals surface area contributed by atoms with E-state index in [2.05, 4.69) is 4.98 Å². The Morgan fingerprint density at radius 3 is 3.00 bits per heavy atom. The first-order valence-electron chi connectivity index (χ1n) is 4.92. The van der Waals surface area contributed by atoms with Gasteiger partial charge in [0.2, 0.25) is 0 Å². The summed E-state index contributed by atoms with van der Waals surface area (Å²) in [4.78, 5) is 14.4. The van der Waals surface area contributed by atoms with E-state index >= 15 is 0 Å². The Hall–Kier alpha value is -1.46. The molecule has 5 heteroatoms. The number of carboxylic acid groups (broad SMARTS) is 1. The second kappa shape index (κ2) is 6.19. The number of carbonyl (C=O) groups is 1. The molecule has 0 aliphatic carbocycles. The molecule has 1 aromatic heterocycles. The lowest BCUT2D eigenvalue weighted by Crippen LogP contribution is -2.14. The quantitative estimate of drug-likeness (QED) is 0.791. The zero-order valence-electron chi connectivity index (χ0n) is 9.34. The number of aromatic nitrogens is 1. The van der Waals surface area contributed by atoms with Gasteiger partial charge in [-0.1, -0.05) is 0 Å². The van der Waals surface area contributed by atoms with Gasteiger partial charge in [0.1, 0.15) is 5.69 Å². The minimum absolute atomic E-state index is 0.0218. The Morgan fingerprint density at radius 1 is 1.62 bits per heavy atom. The molecule has 0 aromatic carbocycles. The van der Waals surface area contributed by atoms with Crippen LogP contribution in [0.4, 0.5) is 0 Å². The normalized spacial score (nSPS) is 12.4. The van der Waals surface area contributed by atoms with E-state index in [1.54, 1.807) is 13.2 Å². The number of hydrogen-bond acceptors (Lipinski definition) is 4. The molecule has 0 aliphatic heterocycles. The summed E-state index contributed by atoms with van der Waals surface area (Å²) in [6, 6.07) is 3.23. The maximum Gasteiger partial charge on any atom is 0.354 e. The van der Waals surface area contributed by atoms with Crippen LogP contribution in [-0.2, 0) is 16.1 Å². The van der Waals surface area contributed by atoms with Gasteiger partial charge in [0.05, 0.1) is 19.3 Å². The van der Waals surface area contributed by atoms with Crippen molar-refractivity contribution in [3.63, 3.8) is 0 Å². The van der Waals surface area contributed by atoms with E-state index in [-0.39, 0.29) is 11.8 Å². The fourth-order valence-corrected chi connectivity index (χ4v) is 1.20. The number of rotatable bonds is 6. The van der Waals surface area contributed by atoms with Crippen LogP contribution >= 0.6 is 0 Å². The van der Waals surface area contributed by atoms with E-state index < -0.39 is 5.97 Å². The van der Waals surface area contributed by atoms with E-state index in [0.29, 0.717) is 13.2 Å². The van der Waals surface area contributed by atoms with Crippen molar-refractivity contribution >= 4 is 5.97 Å². The van der Waals surface area contributed by atoms with Crippen molar-refractivity contribution in [2.75, 3.05) is 13.7 Å². The molecule has 1 rings (SSSR count). The predicted octanol–water partition coefficient (Wildman–Crippen LogP) is 1.33. The zero-order chi connectivity index (χ0) is 12.0. The Kier molecular flexibility index (Phi) is 4.88. The highest BCUT2D eigenvalue weighted by Gasteiger charge is 2.06. The molecule has 0 amide bonds. The maximum atomic E-state index is 10.7. The Labute approximate surface area is 94.0 Å². The van der Waals surface area contributed by atoms with Crippen LogP contribution in [0.15, 0.2) is 18.3 Å². The fourth-order valence-electron chi connectivity index (χ4n) is 1.20. The van der Waals surface area contributed by atoms with Crippen LogP contribution in [0.2, 0.25) is 0 Å². The molecule has 0 radical (unpaired) electrons. The van der Waals surface area contributed by atoms with Crippen LogP contribution in [0.1, 0.15) is 23.0 Å².